The van der Waals surface area contributed by atoms with Crippen LogP contribution in [0.3, 0.4) is 0 Å². The molecule has 1 heterocycles. The first-order chi connectivity index (χ1) is 16.3. The summed E-state index contributed by atoms with van der Waals surface area (Å²) in [5.74, 6) is 6.27. The van der Waals surface area contributed by atoms with Gasteiger partial charge in [-0.3, -0.25) is 5.32 Å². The Balaban J connectivity index is 1.88. The van der Waals surface area contributed by atoms with Crippen molar-refractivity contribution in [2.24, 2.45) is 0 Å². The highest BCUT2D eigenvalue weighted by Crippen LogP contribution is 2.25. The van der Waals surface area contributed by atoms with Crippen molar-refractivity contribution in [1.29, 1.82) is 0 Å². The number of nitrogens with zero attached hydrogens (tertiary/aromatic N) is 2. The number of hydrogen-bond donors (Lipinski definition) is 1. The van der Waals surface area contributed by atoms with Crippen molar-refractivity contribution in [3.63, 3.8) is 0 Å². The first-order valence-corrected chi connectivity index (χ1v) is 11.2. The molecule has 1 aromatic heterocycles. The van der Waals surface area contributed by atoms with Gasteiger partial charge in [0.1, 0.15) is 5.60 Å². The minimum atomic E-state index is -0.728. The van der Waals surface area contributed by atoms with Gasteiger partial charge in [0.05, 0.1) is 18.5 Å². The zero-order valence-electron chi connectivity index (χ0n) is 19.9. The Morgan fingerprint density at radius 1 is 1.00 bits per heavy atom. The van der Waals surface area contributed by atoms with Gasteiger partial charge in [-0.2, -0.15) is 0 Å². The highest BCUT2D eigenvalue weighted by Gasteiger charge is 2.25. The molecule has 1 amide bonds. The molecule has 3 aromatic rings. The third-order valence-electron chi connectivity index (χ3n) is 4.59. The molecule has 0 saturated carbocycles. The van der Waals surface area contributed by atoms with Crippen molar-refractivity contribution in [1.82, 2.24) is 9.55 Å². The van der Waals surface area contributed by atoms with Crippen LogP contribution >= 0.6 is 0 Å². The fourth-order valence-electron chi connectivity index (χ4n) is 2.96. The van der Waals surface area contributed by atoms with Crippen LogP contribution < -0.4 is 5.32 Å². The zero-order valence-corrected chi connectivity index (χ0v) is 19.9. The first-order valence-electron chi connectivity index (χ1n) is 11.2. The molecular weight excluding hydrogens is 430 g/mol. The maximum Gasteiger partial charge on any atom is 0.421 e. The number of imidazole rings is 1. The van der Waals surface area contributed by atoms with E-state index in [0.717, 1.165) is 29.5 Å². The van der Waals surface area contributed by atoms with E-state index in [2.05, 4.69) is 22.1 Å². The maximum absolute atomic E-state index is 13.0. The molecule has 0 unspecified atom stereocenters. The molecule has 7 nitrogen and oxygen atoms in total. The quantitative estimate of drug-likeness (QED) is 0.369. The van der Waals surface area contributed by atoms with Gasteiger partial charge in [-0.15, -0.1) is 0 Å². The summed E-state index contributed by atoms with van der Waals surface area (Å²) >= 11 is 0. The Bertz CT molecular complexity index is 1180. The molecule has 3 rings (SSSR count). The molecule has 34 heavy (non-hydrogen) atoms. The van der Waals surface area contributed by atoms with Crippen molar-refractivity contribution in [3.05, 3.63) is 71.9 Å². The van der Waals surface area contributed by atoms with Crippen molar-refractivity contribution >= 4 is 18.1 Å². The number of amides is 1. The van der Waals surface area contributed by atoms with Crippen molar-refractivity contribution in [2.75, 3.05) is 11.9 Å². The van der Waals surface area contributed by atoms with Crippen molar-refractivity contribution < 1.29 is 19.1 Å². The number of carbonyl (C=O) groups is 2. The smallest absolute Gasteiger partial charge is 0.421 e. The number of carbonyl (C=O) groups excluding carboxylic acids is 2. The van der Waals surface area contributed by atoms with Crippen LogP contribution in [0.25, 0.3) is 11.3 Å². The largest absolute Gasteiger partial charge is 0.449 e. The Morgan fingerprint density at radius 3 is 2.26 bits per heavy atom. The molecule has 0 radical (unpaired) electrons. The van der Waals surface area contributed by atoms with Crippen LogP contribution in [0.4, 0.5) is 15.5 Å². The number of aromatic nitrogens is 2. The van der Waals surface area contributed by atoms with Crippen LogP contribution in [0, 0.1) is 11.8 Å². The normalized spacial score (nSPS) is 10.7. The maximum atomic E-state index is 13.0. The molecule has 0 bridgehead atoms. The van der Waals surface area contributed by atoms with E-state index >= 15 is 0 Å². The van der Waals surface area contributed by atoms with Crippen LogP contribution in [-0.4, -0.2) is 33.9 Å². The van der Waals surface area contributed by atoms with E-state index in [9.17, 15) is 9.59 Å². The summed E-state index contributed by atoms with van der Waals surface area (Å²) in [7, 11) is 0. The molecule has 0 atom stereocenters. The van der Waals surface area contributed by atoms with Gasteiger partial charge in [0.25, 0.3) is 0 Å². The molecular formula is C27H29N3O4. The molecule has 0 fully saturated rings. The lowest BCUT2D eigenvalue weighted by atomic mass is 10.1. The molecule has 2 aromatic carbocycles. The van der Waals surface area contributed by atoms with Gasteiger partial charge in [-0.25, -0.2) is 19.1 Å². The number of nitrogens with one attached hydrogen (secondary N) is 1. The lowest BCUT2D eigenvalue weighted by Crippen LogP contribution is -2.29. The Kier molecular flexibility index (Phi) is 8.10. The number of anilines is 1. The highest BCUT2D eigenvalue weighted by atomic mass is 16.6. The number of unbranched alkanes of at least 4 members (excludes halogenated alkanes) is 1. The summed E-state index contributed by atoms with van der Waals surface area (Å²) in [4.78, 5) is 29.4. The van der Waals surface area contributed by atoms with Crippen molar-refractivity contribution in [2.45, 2.75) is 46.1 Å². The second-order valence-electron chi connectivity index (χ2n) is 8.59. The highest BCUT2D eigenvalue weighted by molar-refractivity contribution is 5.88. The summed E-state index contributed by atoms with van der Waals surface area (Å²) in [6.07, 6.45) is 1.82. The predicted octanol–water partition coefficient (Wildman–Crippen LogP) is 6.08. The third kappa shape index (κ3) is 6.97. The van der Waals surface area contributed by atoms with Crippen LogP contribution in [0.15, 0.2) is 60.8 Å². The van der Waals surface area contributed by atoms with Gasteiger partial charge in [0, 0.05) is 16.7 Å². The molecule has 176 valence electrons. The summed E-state index contributed by atoms with van der Waals surface area (Å²) in [6.45, 7) is 7.60. The standard InChI is InChI=1S/C27H29N3O4/c1-5-6-18-33-25(31)29-24-28-19-23(30(24)26(32)34-27(2,3)4)22-16-14-21(15-17-22)13-12-20-10-8-7-9-11-20/h7-11,14-17,19H,5-6,18H2,1-4H3,(H,28,29,31). The van der Waals surface area contributed by atoms with Crippen LogP contribution in [-0.2, 0) is 9.47 Å². The SMILES string of the molecule is CCCCOC(=O)Nc1ncc(-c2ccc(C#Cc3ccccc3)cc2)n1C(=O)OC(C)(C)C. The van der Waals surface area contributed by atoms with E-state index in [0.29, 0.717) is 5.69 Å². The summed E-state index contributed by atoms with van der Waals surface area (Å²) in [5, 5.41) is 2.54. The lowest BCUT2D eigenvalue weighted by molar-refractivity contribution is 0.0543. The molecule has 0 spiro atoms. The van der Waals surface area contributed by atoms with E-state index < -0.39 is 17.8 Å². The van der Waals surface area contributed by atoms with Gasteiger partial charge in [0.15, 0.2) is 0 Å². The molecule has 1 N–H and O–H groups in total. The summed E-state index contributed by atoms with van der Waals surface area (Å²) < 4.78 is 11.9. The van der Waals surface area contributed by atoms with Gasteiger partial charge in [0.2, 0.25) is 5.95 Å². The Morgan fingerprint density at radius 2 is 1.65 bits per heavy atom. The number of hydrogen-bond acceptors (Lipinski definition) is 5. The number of benzene rings is 2. The minimum absolute atomic E-state index is 0.0266. The average molecular weight is 460 g/mol. The van der Waals surface area contributed by atoms with E-state index in [1.165, 1.54) is 10.8 Å². The van der Waals surface area contributed by atoms with E-state index in [1.807, 2.05) is 61.5 Å². The summed E-state index contributed by atoms with van der Waals surface area (Å²) in [5.41, 5.74) is 2.22. The molecule has 0 aliphatic heterocycles. The van der Waals surface area contributed by atoms with E-state index in [4.69, 9.17) is 9.47 Å². The van der Waals surface area contributed by atoms with Gasteiger partial charge in [-0.05, 0) is 51.5 Å². The van der Waals surface area contributed by atoms with Gasteiger partial charge < -0.3 is 9.47 Å². The second kappa shape index (κ2) is 11.2. The number of rotatable bonds is 5. The Hall–Kier alpha value is -4.05. The first kappa shape index (κ1) is 24.6. The topological polar surface area (TPSA) is 82.5 Å². The monoisotopic (exact) mass is 459 g/mol. The molecule has 0 aliphatic carbocycles. The molecule has 0 aliphatic rings. The fourth-order valence-corrected chi connectivity index (χ4v) is 2.96. The second-order valence-corrected chi connectivity index (χ2v) is 8.59. The third-order valence-corrected chi connectivity index (χ3v) is 4.59. The predicted molar refractivity (Wildman–Crippen MR) is 132 cm³/mol. The van der Waals surface area contributed by atoms with Crippen LogP contribution in [0.2, 0.25) is 0 Å². The van der Waals surface area contributed by atoms with Crippen LogP contribution in [0.1, 0.15) is 51.7 Å². The fraction of sp³-hybridized carbons (Fsp3) is 0.296. The molecule has 0 saturated heterocycles. The van der Waals surface area contributed by atoms with Crippen molar-refractivity contribution in [3.8, 4) is 23.1 Å². The molecule has 7 heteroatoms. The van der Waals surface area contributed by atoms with Gasteiger partial charge in [-0.1, -0.05) is 55.5 Å². The lowest BCUT2D eigenvalue weighted by Gasteiger charge is -2.21. The zero-order chi connectivity index (χ0) is 24.6. The Labute approximate surface area is 200 Å². The van der Waals surface area contributed by atoms with Gasteiger partial charge >= 0.3 is 12.2 Å². The summed E-state index contributed by atoms with van der Waals surface area (Å²) in [6, 6.07) is 17.1. The van der Waals surface area contributed by atoms with Crippen LogP contribution in [0.5, 0.6) is 0 Å². The minimum Gasteiger partial charge on any atom is -0.449 e. The van der Waals surface area contributed by atoms with E-state index in [-0.39, 0.29) is 12.6 Å². The number of ether oxygens (including phenoxy) is 2. The van der Waals surface area contributed by atoms with E-state index in [1.54, 1.807) is 20.8 Å². The average Bonchev–Trinajstić information content (AvgIpc) is 3.21.